The summed E-state index contributed by atoms with van der Waals surface area (Å²) in [5.41, 5.74) is 1.87. The number of pyridine rings is 1. The van der Waals surface area contributed by atoms with Gasteiger partial charge in [-0.15, -0.1) is 0 Å². The Kier molecular flexibility index (Phi) is 6.04. The van der Waals surface area contributed by atoms with E-state index in [1.54, 1.807) is 7.11 Å². The van der Waals surface area contributed by atoms with Crippen molar-refractivity contribution in [3.05, 3.63) is 29.6 Å². The largest absolute Gasteiger partial charge is 0.375 e. The molecule has 3 heterocycles. The number of amides is 1. The summed E-state index contributed by atoms with van der Waals surface area (Å²) in [5.74, 6) is 0.645. The normalized spacial score (nSPS) is 22.0. The molecule has 1 amide bonds. The van der Waals surface area contributed by atoms with Crippen LogP contribution in [-0.2, 0) is 25.6 Å². The van der Waals surface area contributed by atoms with Crippen LogP contribution in [0.3, 0.4) is 0 Å². The van der Waals surface area contributed by atoms with Crippen molar-refractivity contribution in [3.8, 4) is 0 Å². The summed E-state index contributed by atoms with van der Waals surface area (Å²) in [7, 11) is 1.55. The van der Waals surface area contributed by atoms with Crippen LogP contribution in [0.5, 0.6) is 0 Å². The first-order valence-corrected chi connectivity index (χ1v) is 9.01. The molecular weight excluding hydrogens is 320 g/mol. The maximum atomic E-state index is 11.8. The minimum absolute atomic E-state index is 0.0489. The molecule has 6 heteroatoms. The van der Waals surface area contributed by atoms with Crippen LogP contribution in [0.2, 0.25) is 0 Å². The fraction of sp³-hybridized carbons (Fsp3) is 0.684. The van der Waals surface area contributed by atoms with E-state index in [9.17, 15) is 4.79 Å². The first-order chi connectivity index (χ1) is 12.1. The van der Waals surface area contributed by atoms with Gasteiger partial charge in [0.05, 0.1) is 25.4 Å². The minimum Gasteiger partial charge on any atom is -0.375 e. The van der Waals surface area contributed by atoms with Crippen molar-refractivity contribution < 1.29 is 19.0 Å². The van der Waals surface area contributed by atoms with E-state index in [-0.39, 0.29) is 18.1 Å². The Morgan fingerprint density at radius 1 is 1.44 bits per heavy atom. The Hall–Kier alpha value is -1.50. The van der Waals surface area contributed by atoms with Gasteiger partial charge in [-0.25, -0.2) is 0 Å². The Balaban J connectivity index is 1.37. The Morgan fingerprint density at radius 3 is 3.04 bits per heavy atom. The Bertz CT molecular complexity index is 587. The smallest absolute Gasteiger partial charge is 0.248 e. The molecule has 0 aliphatic carbocycles. The van der Waals surface area contributed by atoms with Crippen molar-refractivity contribution in [2.45, 2.75) is 38.4 Å². The number of likely N-dealkylation sites (tertiary alicyclic amines) is 1. The minimum atomic E-state index is -0.135. The highest BCUT2D eigenvalue weighted by atomic mass is 16.5. The van der Waals surface area contributed by atoms with Crippen LogP contribution < -0.4 is 0 Å². The van der Waals surface area contributed by atoms with Crippen molar-refractivity contribution in [1.29, 1.82) is 0 Å². The monoisotopic (exact) mass is 348 g/mol. The van der Waals surface area contributed by atoms with Gasteiger partial charge in [-0.2, -0.15) is 0 Å². The van der Waals surface area contributed by atoms with Crippen molar-refractivity contribution in [2.24, 2.45) is 5.92 Å². The summed E-state index contributed by atoms with van der Waals surface area (Å²) in [5, 5.41) is 0. The van der Waals surface area contributed by atoms with Gasteiger partial charge in [-0.3, -0.25) is 9.78 Å². The SMILES string of the molecule is COCC(=O)N1CC2(CC(CCOCc3cccc(C)n3)CCO2)C1. The summed E-state index contributed by atoms with van der Waals surface area (Å²) < 4.78 is 16.7. The molecule has 1 aromatic rings. The Morgan fingerprint density at radius 2 is 2.28 bits per heavy atom. The number of aromatic nitrogens is 1. The molecule has 6 nitrogen and oxygen atoms in total. The molecule has 1 atom stereocenters. The van der Waals surface area contributed by atoms with Crippen LogP contribution in [0.25, 0.3) is 0 Å². The lowest BCUT2D eigenvalue weighted by molar-refractivity contribution is -0.191. The average Bonchev–Trinajstić information content (AvgIpc) is 2.57. The van der Waals surface area contributed by atoms with E-state index in [4.69, 9.17) is 14.2 Å². The third-order valence-corrected chi connectivity index (χ3v) is 5.04. The number of ether oxygens (including phenoxy) is 3. The highest BCUT2D eigenvalue weighted by Crippen LogP contribution is 2.38. The third kappa shape index (κ3) is 4.77. The number of nitrogens with zero attached hydrogens (tertiary/aromatic N) is 2. The standard InChI is InChI=1S/C19H28N2O4/c1-15-4-3-5-17(20-15)11-24-8-6-16-7-9-25-19(10-16)13-21(14-19)18(22)12-23-2/h3-5,16H,6-14H2,1-2H3. The molecule has 1 unspecified atom stereocenters. The number of methoxy groups -OCH3 is 1. The molecule has 1 aromatic heterocycles. The molecule has 25 heavy (non-hydrogen) atoms. The molecule has 0 aromatic carbocycles. The van der Waals surface area contributed by atoms with Gasteiger partial charge < -0.3 is 19.1 Å². The molecule has 138 valence electrons. The van der Waals surface area contributed by atoms with Crippen LogP contribution in [-0.4, -0.2) is 61.4 Å². The number of rotatable bonds is 7. The number of aryl methyl sites for hydroxylation is 1. The van der Waals surface area contributed by atoms with Crippen LogP contribution in [0, 0.1) is 12.8 Å². The molecule has 2 aliphatic heterocycles. The molecule has 0 N–H and O–H groups in total. The lowest BCUT2D eigenvalue weighted by Gasteiger charge is -2.53. The van der Waals surface area contributed by atoms with Crippen molar-refractivity contribution in [2.75, 3.05) is 40.0 Å². The molecule has 0 radical (unpaired) electrons. The summed E-state index contributed by atoms with van der Waals surface area (Å²) >= 11 is 0. The van der Waals surface area contributed by atoms with Crippen molar-refractivity contribution in [3.63, 3.8) is 0 Å². The summed E-state index contributed by atoms with van der Waals surface area (Å²) in [6.07, 6.45) is 3.11. The van der Waals surface area contributed by atoms with E-state index in [2.05, 4.69) is 4.98 Å². The first-order valence-electron chi connectivity index (χ1n) is 9.01. The molecule has 0 saturated carbocycles. The summed E-state index contributed by atoms with van der Waals surface area (Å²) in [6.45, 7) is 5.61. The quantitative estimate of drug-likeness (QED) is 0.705. The zero-order chi connectivity index (χ0) is 17.7. The van der Waals surface area contributed by atoms with E-state index in [0.29, 0.717) is 25.6 Å². The Labute approximate surface area is 149 Å². The van der Waals surface area contributed by atoms with Gasteiger partial charge in [0.2, 0.25) is 5.91 Å². The number of hydrogen-bond acceptors (Lipinski definition) is 5. The van der Waals surface area contributed by atoms with Gasteiger partial charge in [0, 0.05) is 26.0 Å². The fourth-order valence-electron chi connectivity index (χ4n) is 3.74. The number of carbonyl (C=O) groups excluding carboxylic acids is 1. The van der Waals surface area contributed by atoms with Gasteiger partial charge in [-0.1, -0.05) is 6.07 Å². The van der Waals surface area contributed by atoms with Gasteiger partial charge in [-0.05, 0) is 44.2 Å². The van der Waals surface area contributed by atoms with E-state index in [0.717, 1.165) is 43.9 Å². The lowest BCUT2D eigenvalue weighted by atomic mass is 9.79. The zero-order valence-corrected chi connectivity index (χ0v) is 15.2. The van der Waals surface area contributed by atoms with E-state index < -0.39 is 0 Å². The van der Waals surface area contributed by atoms with E-state index >= 15 is 0 Å². The first kappa shape index (κ1) is 18.3. The van der Waals surface area contributed by atoms with Crippen LogP contribution in [0.4, 0.5) is 0 Å². The molecule has 2 fully saturated rings. The molecule has 2 saturated heterocycles. The molecule has 2 aliphatic rings. The van der Waals surface area contributed by atoms with Crippen LogP contribution in [0.15, 0.2) is 18.2 Å². The molecular formula is C19H28N2O4. The van der Waals surface area contributed by atoms with Crippen molar-refractivity contribution in [1.82, 2.24) is 9.88 Å². The van der Waals surface area contributed by atoms with Gasteiger partial charge >= 0.3 is 0 Å². The number of hydrogen-bond donors (Lipinski definition) is 0. The molecule has 0 bridgehead atoms. The highest BCUT2D eigenvalue weighted by Gasteiger charge is 2.48. The van der Waals surface area contributed by atoms with Crippen LogP contribution >= 0.6 is 0 Å². The van der Waals surface area contributed by atoms with E-state index in [1.807, 2.05) is 30.0 Å². The van der Waals surface area contributed by atoms with Crippen LogP contribution in [0.1, 0.15) is 30.7 Å². The topological polar surface area (TPSA) is 60.9 Å². The predicted molar refractivity (Wildman–Crippen MR) is 93.1 cm³/mol. The van der Waals surface area contributed by atoms with E-state index in [1.165, 1.54) is 0 Å². The van der Waals surface area contributed by atoms with Gasteiger partial charge in [0.15, 0.2) is 0 Å². The summed E-state index contributed by atoms with van der Waals surface area (Å²) in [6, 6.07) is 6.00. The lowest BCUT2D eigenvalue weighted by Crippen LogP contribution is -2.67. The predicted octanol–water partition coefficient (Wildman–Crippen LogP) is 1.95. The summed E-state index contributed by atoms with van der Waals surface area (Å²) in [4.78, 5) is 18.1. The third-order valence-electron chi connectivity index (χ3n) is 5.04. The second-order valence-electron chi connectivity index (χ2n) is 7.18. The second kappa shape index (κ2) is 8.25. The highest BCUT2D eigenvalue weighted by molar-refractivity contribution is 5.78. The fourth-order valence-corrected chi connectivity index (χ4v) is 3.74. The second-order valence-corrected chi connectivity index (χ2v) is 7.18. The molecule has 1 spiro atoms. The molecule has 3 rings (SSSR count). The van der Waals surface area contributed by atoms with Crippen molar-refractivity contribution >= 4 is 5.91 Å². The van der Waals surface area contributed by atoms with Gasteiger partial charge in [0.1, 0.15) is 12.2 Å². The maximum absolute atomic E-state index is 11.8. The maximum Gasteiger partial charge on any atom is 0.248 e. The zero-order valence-electron chi connectivity index (χ0n) is 15.2. The number of carbonyl (C=O) groups is 1. The van der Waals surface area contributed by atoms with Gasteiger partial charge in [0.25, 0.3) is 0 Å². The average molecular weight is 348 g/mol.